The van der Waals surface area contributed by atoms with Crippen LogP contribution in [0.25, 0.3) is 11.4 Å². The van der Waals surface area contributed by atoms with Crippen molar-refractivity contribution in [3.63, 3.8) is 0 Å². The largest absolute Gasteiger partial charge is 0.434 e. The summed E-state index contributed by atoms with van der Waals surface area (Å²) in [6.45, 7) is 0. The first-order valence-electron chi connectivity index (χ1n) is 6.85. The maximum Gasteiger partial charge on any atom is 0.434 e. The lowest BCUT2D eigenvalue weighted by atomic mass is 10.1. The van der Waals surface area contributed by atoms with Crippen LogP contribution in [-0.4, -0.2) is 14.5 Å². The molecule has 0 saturated heterocycles. The lowest BCUT2D eigenvalue weighted by molar-refractivity contribution is -0.140. The molecule has 0 amide bonds. The molecule has 1 N–H and O–H groups in total. The van der Waals surface area contributed by atoms with Gasteiger partial charge < -0.3 is 9.55 Å². The van der Waals surface area contributed by atoms with E-state index in [2.05, 4.69) is 9.97 Å². The third-order valence-corrected chi connectivity index (χ3v) is 3.71. The normalized spacial score (nSPS) is 11.9. The number of benzene rings is 1. The number of nitrogens with one attached hydrogen (secondary N) is 1. The highest BCUT2D eigenvalue weighted by Gasteiger charge is 2.34. The number of alkyl halides is 3. The van der Waals surface area contributed by atoms with Crippen LogP contribution < -0.4 is 0 Å². The first-order chi connectivity index (χ1) is 10.8. The van der Waals surface area contributed by atoms with Crippen molar-refractivity contribution in [3.05, 3.63) is 64.7 Å². The second kappa shape index (κ2) is 5.77. The molecule has 7 heteroatoms. The minimum Gasteiger partial charge on any atom is -0.352 e. The predicted octanol–water partition coefficient (Wildman–Crippen LogP) is 4.68. The van der Waals surface area contributed by atoms with Gasteiger partial charge in [0.2, 0.25) is 0 Å². The summed E-state index contributed by atoms with van der Waals surface area (Å²) in [5, 5.41) is 0.573. The molecule has 2 heterocycles. The van der Waals surface area contributed by atoms with Gasteiger partial charge in [-0.15, -0.1) is 0 Å². The number of imidazole rings is 1. The fourth-order valence-corrected chi connectivity index (χ4v) is 2.58. The van der Waals surface area contributed by atoms with Crippen molar-refractivity contribution in [3.8, 4) is 11.4 Å². The molecule has 0 bridgehead atoms. The monoisotopic (exact) mass is 339 g/mol. The summed E-state index contributed by atoms with van der Waals surface area (Å²) < 4.78 is 39.5. The van der Waals surface area contributed by atoms with E-state index in [1.807, 2.05) is 24.4 Å². The summed E-state index contributed by atoms with van der Waals surface area (Å²) >= 11 is 5.83. The van der Waals surface area contributed by atoms with Crippen LogP contribution in [0, 0.1) is 0 Å². The number of nitrogens with zero attached hydrogens (tertiary/aromatic N) is 2. The molecule has 3 nitrogen and oxygen atoms in total. The minimum atomic E-state index is -4.44. The third-order valence-electron chi connectivity index (χ3n) is 3.49. The van der Waals surface area contributed by atoms with Crippen LogP contribution >= 0.6 is 11.6 Å². The van der Waals surface area contributed by atoms with E-state index in [1.165, 1.54) is 4.57 Å². The van der Waals surface area contributed by atoms with Crippen LogP contribution in [0.2, 0.25) is 5.15 Å². The van der Waals surface area contributed by atoms with Gasteiger partial charge in [0.05, 0.1) is 0 Å². The van der Waals surface area contributed by atoms with Crippen molar-refractivity contribution in [2.75, 3.05) is 0 Å². The van der Waals surface area contributed by atoms with Crippen LogP contribution in [0.15, 0.2) is 42.7 Å². The zero-order valence-electron chi connectivity index (χ0n) is 12.2. The van der Waals surface area contributed by atoms with Gasteiger partial charge in [0, 0.05) is 25.0 Å². The third kappa shape index (κ3) is 3.42. The molecule has 3 rings (SSSR count). The average molecular weight is 340 g/mol. The topological polar surface area (TPSA) is 33.6 Å². The SMILES string of the molecule is Cn1cc(C(F)(F)F)nc1-c1ccc(Cc2c[nH]c(Cl)c2)cc1. The summed E-state index contributed by atoms with van der Waals surface area (Å²) in [6.07, 6.45) is -0.934. The summed E-state index contributed by atoms with van der Waals surface area (Å²) in [5.74, 6) is 0.286. The average Bonchev–Trinajstić information content (AvgIpc) is 3.06. The number of aryl methyl sites for hydroxylation is 1. The van der Waals surface area contributed by atoms with Gasteiger partial charge in [-0.3, -0.25) is 0 Å². The molecule has 0 spiro atoms. The number of hydrogen-bond acceptors (Lipinski definition) is 1. The Labute approximate surface area is 135 Å². The Balaban J connectivity index is 1.83. The summed E-state index contributed by atoms with van der Waals surface area (Å²) in [6, 6.07) is 9.12. The van der Waals surface area contributed by atoms with E-state index < -0.39 is 11.9 Å². The Bertz CT molecular complexity index is 816. The molecule has 0 aliphatic rings. The molecule has 0 fully saturated rings. The van der Waals surface area contributed by atoms with Gasteiger partial charge >= 0.3 is 6.18 Å². The van der Waals surface area contributed by atoms with E-state index in [1.54, 1.807) is 19.2 Å². The maximum atomic E-state index is 12.7. The summed E-state index contributed by atoms with van der Waals surface area (Å²) in [7, 11) is 1.55. The highest BCUT2D eigenvalue weighted by atomic mass is 35.5. The number of hydrogen-bond donors (Lipinski definition) is 1. The van der Waals surface area contributed by atoms with E-state index >= 15 is 0 Å². The molecule has 1 aromatic carbocycles. The van der Waals surface area contributed by atoms with Crippen LogP contribution in [-0.2, 0) is 19.6 Å². The van der Waals surface area contributed by atoms with Crippen molar-refractivity contribution in [1.82, 2.24) is 14.5 Å². The number of halogens is 4. The van der Waals surface area contributed by atoms with E-state index in [-0.39, 0.29) is 5.82 Å². The second-order valence-corrected chi connectivity index (χ2v) is 5.70. The molecule has 2 aromatic heterocycles. The van der Waals surface area contributed by atoms with Crippen molar-refractivity contribution < 1.29 is 13.2 Å². The number of H-pyrrole nitrogens is 1. The molecule has 0 aliphatic carbocycles. The Hall–Kier alpha value is -2.21. The van der Waals surface area contributed by atoms with E-state index in [9.17, 15) is 13.2 Å². The van der Waals surface area contributed by atoms with Gasteiger partial charge in [0.1, 0.15) is 11.0 Å². The lowest BCUT2D eigenvalue weighted by Crippen LogP contribution is -2.04. The Morgan fingerprint density at radius 1 is 1.17 bits per heavy atom. The Kier molecular flexibility index (Phi) is 3.93. The molecular weight excluding hydrogens is 327 g/mol. The van der Waals surface area contributed by atoms with Gasteiger partial charge in [0.25, 0.3) is 0 Å². The first kappa shape index (κ1) is 15.7. The predicted molar refractivity (Wildman–Crippen MR) is 82.3 cm³/mol. The van der Waals surface area contributed by atoms with Crippen LogP contribution in [0.4, 0.5) is 13.2 Å². The van der Waals surface area contributed by atoms with Crippen LogP contribution in [0.3, 0.4) is 0 Å². The van der Waals surface area contributed by atoms with E-state index in [4.69, 9.17) is 11.6 Å². The molecule has 3 aromatic rings. The summed E-state index contributed by atoms with van der Waals surface area (Å²) in [4.78, 5) is 6.58. The van der Waals surface area contributed by atoms with Gasteiger partial charge in [-0.25, -0.2) is 4.98 Å². The van der Waals surface area contributed by atoms with E-state index in [0.29, 0.717) is 17.1 Å². The Morgan fingerprint density at radius 2 is 1.87 bits per heavy atom. The first-order valence-corrected chi connectivity index (χ1v) is 7.23. The standard InChI is InChI=1S/C16H13ClF3N3/c1-23-9-13(16(18,19)20)22-15(23)12-4-2-10(3-5-12)6-11-7-14(17)21-8-11/h2-5,7-9,21H,6H2,1H3. The number of aromatic nitrogens is 3. The molecule has 0 aliphatic heterocycles. The van der Waals surface area contributed by atoms with Crippen molar-refractivity contribution in [2.45, 2.75) is 12.6 Å². The summed E-state index contributed by atoms with van der Waals surface area (Å²) in [5.41, 5.74) is 1.83. The number of aromatic amines is 1. The van der Waals surface area contributed by atoms with Crippen LogP contribution in [0.5, 0.6) is 0 Å². The fraction of sp³-hybridized carbons (Fsp3) is 0.188. The minimum absolute atomic E-state index is 0.286. The molecule has 0 radical (unpaired) electrons. The number of rotatable bonds is 3. The molecular formula is C16H13ClF3N3. The van der Waals surface area contributed by atoms with Gasteiger partial charge in [0.15, 0.2) is 5.69 Å². The lowest BCUT2D eigenvalue weighted by Gasteiger charge is -2.04. The second-order valence-electron chi connectivity index (χ2n) is 5.29. The fourth-order valence-electron chi connectivity index (χ4n) is 2.39. The van der Waals surface area contributed by atoms with Gasteiger partial charge in [-0.1, -0.05) is 35.9 Å². The highest BCUT2D eigenvalue weighted by molar-refractivity contribution is 6.29. The van der Waals surface area contributed by atoms with Crippen LogP contribution in [0.1, 0.15) is 16.8 Å². The highest BCUT2D eigenvalue weighted by Crippen LogP contribution is 2.30. The molecule has 0 saturated carbocycles. The molecule has 0 unspecified atom stereocenters. The maximum absolute atomic E-state index is 12.7. The quantitative estimate of drug-likeness (QED) is 0.738. The Morgan fingerprint density at radius 3 is 2.39 bits per heavy atom. The van der Waals surface area contributed by atoms with Crippen molar-refractivity contribution in [1.29, 1.82) is 0 Å². The molecule has 120 valence electrons. The van der Waals surface area contributed by atoms with Crippen molar-refractivity contribution in [2.24, 2.45) is 7.05 Å². The van der Waals surface area contributed by atoms with Gasteiger partial charge in [-0.05, 0) is 23.6 Å². The smallest absolute Gasteiger partial charge is 0.352 e. The molecule has 23 heavy (non-hydrogen) atoms. The zero-order valence-corrected chi connectivity index (χ0v) is 12.9. The zero-order chi connectivity index (χ0) is 16.6. The van der Waals surface area contributed by atoms with E-state index in [0.717, 1.165) is 17.3 Å². The van der Waals surface area contributed by atoms with Crippen molar-refractivity contribution >= 4 is 11.6 Å². The van der Waals surface area contributed by atoms with Gasteiger partial charge in [-0.2, -0.15) is 13.2 Å². The molecule has 0 atom stereocenters.